The Morgan fingerprint density at radius 3 is 2.37 bits per heavy atom. The van der Waals surface area contributed by atoms with Gasteiger partial charge in [0.15, 0.2) is 0 Å². The Morgan fingerprint density at radius 1 is 1.18 bits per heavy atom. The number of anilines is 1. The molecule has 0 saturated heterocycles. The van der Waals surface area contributed by atoms with Crippen molar-refractivity contribution in [2.75, 3.05) is 24.2 Å². The zero-order valence-electron chi connectivity index (χ0n) is 21.4. The third-order valence-electron chi connectivity index (χ3n) is 6.46. The fourth-order valence-corrected chi connectivity index (χ4v) is 5.19. The molecular weight excluding hydrogens is 519 g/mol. The number of non-ortho nitro benzene ring substituents is 1. The summed E-state index contributed by atoms with van der Waals surface area (Å²) in [6, 6.07) is 7.79. The van der Waals surface area contributed by atoms with E-state index >= 15 is 0 Å². The van der Waals surface area contributed by atoms with E-state index in [0.29, 0.717) is 9.87 Å². The number of hydrogen-bond donors (Lipinski definition) is 1. The molecule has 38 heavy (non-hydrogen) atoms. The van der Waals surface area contributed by atoms with Crippen molar-refractivity contribution in [2.24, 2.45) is 0 Å². The fraction of sp³-hybridized carbons (Fsp3) is 0.440. The largest absolute Gasteiger partial charge is 0.495 e. The Hall–Kier alpha value is -3.74. The number of ether oxygens (including phenoxy) is 1. The van der Waals surface area contributed by atoms with Crippen LogP contribution in [0.1, 0.15) is 38.2 Å². The highest BCUT2D eigenvalue weighted by atomic mass is 32.2. The molecule has 1 saturated carbocycles. The van der Waals surface area contributed by atoms with Crippen LogP contribution < -0.4 is 14.4 Å². The van der Waals surface area contributed by atoms with Gasteiger partial charge in [-0.15, -0.1) is 0 Å². The number of nitrogens with zero attached hydrogens (tertiary/aromatic N) is 3. The Labute approximate surface area is 220 Å². The molecule has 0 aromatic heterocycles. The number of sulfonamides is 1. The van der Waals surface area contributed by atoms with Gasteiger partial charge < -0.3 is 15.0 Å². The first-order chi connectivity index (χ1) is 17.9. The summed E-state index contributed by atoms with van der Waals surface area (Å²) in [7, 11) is -2.86. The van der Waals surface area contributed by atoms with Crippen molar-refractivity contribution >= 4 is 33.2 Å². The zero-order chi connectivity index (χ0) is 28.0. The van der Waals surface area contributed by atoms with E-state index in [1.54, 1.807) is 0 Å². The number of nitrogens with one attached hydrogen (secondary N) is 1. The van der Waals surface area contributed by atoms with Crippen molar-refractivity contribution in [3.8, 4) is 5.75 Å². The first kappa shape index (κ1) is 28.8. The van der Waals surface area contributed by atoms with Crippen LogP contribution in [0.3, 0.4) is 0 Å². The molecule has 1 N–H and O–H groups in total. The predicted molar refractivity (Wildman–Crippen MR) is 139 cm³/mol. The SMILES string of the molecule is COc1ccc([N+](=O)[O-])cc1N(CC(=O)N(Cc1ccc(F)cc1)[C@H](C)C(=O)NC1CCCC1)S(C)(=O)=O. The van der Waals surface area contributed by atoms with Crippen molar-refractivity contribution in [3.63, 3.8) is 0 Å². The van der Waals surface area contributed by atoms with Gasteiger partial charge in [-0.1, -0.05) is 25.0 Å². The lowest BCUT2D eigenvalue weighted by atomic mass is 10.1. The Bertz CT molecular complexity index is 1280. The van der Waals surface area contributed by atoms with E-state index in [1.165, 1.54) is 49.3 Å². The molecule has 11 nitrogen and oxygen atoms in total. The van der Waals surface area contributed by atoms with Crippen molar-refractivity contribution < 1.29 is 32.1 Å². The van der Waals surface area contributed by atoms with Crippen LogP contribution in [0, 0.1) is 15.9 Å². The van der Waals surface area contributed by atoms with Gasteiger partial charge in [0.2, 0.25) is 21.8 Å². The summed E-state index contributed by atoms with van der Waals surface area (Å²) in [4.78, 5) is 38.6. The zero-order valence-corrected chi connectivity index (χ0v) is 22.2. The average molecular weight is 551 g/mol. The third kappa shape index (κ3) is 7.18. The molecule has 1 aliphatic carbocycles. The molecule has 0 aliphatic heterocycles. The number of benzene rings is 2. The summed E-state index contributed by atoms with van der Waals surface area (Å²) < 4.78 is 44.9. The highest BCUT2D eigenvalue weighted by molar-refractivity contribution is 7.92. The number of hydrogen-bond acceptors (Lipinski definition) is 7. The van der Waals surface area contributed by atoms with Crippen LogP contribution in [-0.4, -0.2) is 62.0 Å². The molecule has 0 unspecified atom stereocenters. The van der Waals surface area contributed by atoms with E-state index in [9.17, 15) is 32.5 Å². The number of amides is 2. The van der Waals surface area contributed by atoms with Gasteiger partial charge in [-0.2, -0.15) is 0 Å². The number of methoxy groups -OCH3 is 1. The summed E-state index contributed by atoms with van der Waals surface area (Å²) in [5.41, 5.74) is -0.0594. The van der Waals surface area contributed by atoms with Gasteiger partial charge in [0.05, 0.1) is 18.3 Å². The molecular formula is C25H31FN4O7S. The van der Waals surface area contributed by atoms with Crippen LogP contribution in [-0.2, 0) is 26.2 Å². The Kier molecular flexibility index (Phi) is 9.26. The van der Waals surface area contributed by atoms with Crippen molar-refractivity contribution in [1.29, 1.82) is 0 Å². The molecule has 13 heteroatoms. The van der Waals surface area contributed by atoms with Crippen LogP contribution in [0.25, 0.3) is 0 Å². The maximum absolute atomic E-state index is 13.6. The van der Waals surface area contributed by atoms with E-state index in [1.807, 2.05) is 0 Å². The first-order valence-corrected chi connectivity index (χ1v) is 13.9. The highest BCUT2D eigenvalue weighted by Gasteiger charge is 2.33. The minimum Gasteiger partial charge on any atom is -0.495 e. The number of nitro benzene ring substituents is 1. The van der Waals surface area contributed by atoms with E-state index < -0.39 is 50.9 Å². The molecule has 1 atom stereocenters. The number of nitro groups is 1. The fourth-order valence-electron chi connectivity index (χ4n) is 4.34. The van der Waals surface area contributed by atoms with Gasteiger partial charge in [0.1, 0.15) is 29.8 Å². The minimum absolute atomic E-state index is 0.00521. The lowest BCUT2D eigenvalue weighted by Gasteiger charge is -2.32. The molecule has 2 aromatic rings. The normalized spacial score (nSPS) is 14.5. The van der Waals surface area contributed by atoms with Crippen LogP contribution >= 0.6 is 0 Å². The van der Waals surface area contributed by atoms with Gasteiger partial charge in [-0.05, 0) is 43.5 Å². The third-order valence-corrected chi connectivity index (χ3v) is 7.58. The smallest absolute Gasteiger partial charge is 0.271 e. The second kappa shape index (κ2) is 12.2. The maximum Gasteiger partial charge on any atom is 0.271 e. The quantitative estimate of drug-likeness (QED) is 0.335. The summed E-state index contributed by atoms with van der Waals surface area (Å²) >= 11 is 0. The molecule has 206 valence electrons. The van der Waals surface area contributed by atoms with Gasteiger partial charge in [-0.25, -0.2) is 12.8 Å². The Balaban J connectivity index is 1.96. The summed E-state index contributed by atoms with van der Waals surface area (Å²) in [6.07, 6.45) is 4.51. The average Bonchev–Trinajstić information content (AvgIpc) is 3.38. The molecule has 1 fully saturated rings. The molecule has 0 radical (unpaired) electrons. The number of halogens is 1. The number of rotatable bonds is 11. The molecule has 3 rings (SSSR count). The molecule has 0 heterocycles. The van der Waals surface area contributed by atoms with E-state index in [2.05, 4.69) is 5.32 Å². The van der Waals surface area contributed by atoms with E-state index in [-0.39, 0.29) is 24.0 Å². The van der Waals surface area contributed by atoms with Crippen molar-refractivity contribution in [3.05, 3.63) is 64.0 Å². The lowest BCUT2D eigenvalue weighted by Crippen LogP contribution is -2.52. The standard InChI is InChI=1S/C25H31FN4O7S/c1-17(25(32)27-20-6-4-5-7-20)28(15-18-8-10-19(26)11-9-18)24(31)16-29(38(3,35)36)22-14-21(30(33)34)12-13-23(22)37-2/h8-14,17,20H,4-7,15-16H2,1-3H3,(H,27,32)/t17-/m1/s1. The van der Waals surface area contributed by atoms with E-state index in [0.717, 1.165) is 44.1 Å². The predicted octanol–water partition coefficient (Wildman–Crippen LogP) is 2.98. The lowest BCUT2D eigenvalue weighted by molar-refractivity contribution is -0.384. The van der Waals surface area contributed by atoms with E-state index in [4.69, 9.17) is 4.74 Å². The topological polar surface area (TPSA) is 139 Å². The van der Waals surface area contributed by atoms with Crippen LogP contribution in [0.5, 0.6) is 5.75 Å². The molecule has 0 bridgehead atoms. The summed E-state index contributed by atoms with van der Waals surface area (Å²) in [6.45, 7) is 0.686. The number of carbonyl (C=O) groups excluding carboxylic acids is 2. The maximum atomic E-state index is 13.6. The number of carbonyl (C=O) groups is 2. The highest BCUT2D eigenvalue weighted by Crippen LogP contribution is 2.34. The Morgan fingerprint density at radius 2 is 1.82 bits per heavy atom. The minimum atomic E-state index is -4.13. The molecule has 2 aromatic carbocycles. The van der Waals surface area contributed by atoms with Gasteiger partial charge >= 0.3 is 0 Å². The van der Waals surface area contributed by atoms with Crippen molar-refractivity contribution in [2.45, 2.75) is 51.2 Å². The monoisotopic (exact) mass is 550 g/mol. The second-order valence-corrected chi connectivity index (χ2v) is 11.1. The second-order valence-electron chi connectivity index (χ2n) is 9.20. The van der Waals surface area contributed by atoms with Gasteiger partial charge in [-0.3, -0.25) is 24.0 Å². The molecule has 0 spiro atoms. The molecule has 2 amide bonds. The van der Waals surface area contributed by atoms with Crippen LogP contribution in [0.2, 0.25) is 0 Å². The van der Waals surface area contributed by atoms with Gasteiger partial charge in [0.25, 0.3) is 5.69 Å². The molecule has 1 aliphatic rings. The van der Waals surface area contributed by atoms with Crippen LogP contribution in [0.4, 0.5) is 15.8 Å². The summed E-state index contributed by atoms with van der Waals surface area (Å²) in [5.74, 6) is -1.60. The summed E-state index contributed by atoms with van der Waals surface area (Å²) in [5, 5.41) is 14.3. The first-order valence-electron chi connectivity index (χ1n) is 12.0. The van der Waals surface area contributed by atoms with Gasteiger partial charge in [0, 0.05) is 24.7 Å². The van der Waals surface area contributed by atoms with Crippen molar-refractivity contribution in [1.82, 2.24) is 10.2 Å². The van der Waals surface area contributed by atoms with Crippen LogP contribution in [0.15, 0.2) is 42.5 Å².